The van der Waals surface area contributed by atoms with Crippen LogP contribution in [0.3, 0.4) is 0 Å². The van der Waals surface area contributed by atoms with Crippen molar-refractivity contribution in [1.29, 1.82) is 5.26 Å². The van der Waals surface area contributed by atoms with Gasteiger partial charge in [0.25, 0.3) is 0 Å². The van der Waals surface area contributed by atoms with E-state index in [9.17, 15) is 0 Å². The molecule has 1 fully saturated rings. The molecule has 1 saturated carbocycles. The smallest absolute Gasteiger partial charge is 0.106 e. The zero-order chi connectivity index (χ0) is 9.19. The first-order valence-electron chi connectivity index (χ1n) is 4.67. The first kappa shape index (κ1) is 9.54. The predicted molar refractivity (Wildman–Crippen MR) is 49.7 cm³/mol. The molecule has 1 aliphatic carbocycles. The highest BCUT2D eigenvalue weighted by Crippen LogP contribution is 2.34. The highest BCUT2D eigenvalue weighted by molar-refractivity contribution is 5.05. The van der Waals surface area contributed by atoms with Crippen molar-refractivity contribution in [3.8, 4) is 6.07 Å². The van der Waals surface area contributed by atoms with Crippen LogP contribution in [0.5, 0.6) is 0 Å². The minimum absolute atomic E-state index is 0.245. The van der Waals surface area contributed by atoms with Crippen molar-refractivity contribution in [2.45, 2.75) is 38.1 Å². The quantitative estimate of drug-likeness (QED) is 0.641. The molecule has 0 heterocycles. The molecule has 0 radical (unpaired) electrons. The van der Waals surface area contributed by atoms with Gasteiger partial charge in [0.1, 0.15) is 5.54 Å². The Morgan fingerprint density at radius 2 is 2.08 bits per heavy atom. The highest BCUT2D eigenvalue weighted by Gasteiger charge is 2.32. The summed E-state index contributed by atoms with van der Waals surface area (Å²) in [6, 6.07) is 2.40. The minimum atomic E-state index is -0.245. The number of hydrogen-bond donors (Lipinski definition) is 0. The maximum absolute atomic E-state index is 9.03. The topological polar surface area (TPSA) is 27.0 Å². The summed E-state index contributed by atoms with van der Waals surface area (Å²) in [7, 11) is 3.98. The normalized spacial score (nSPS) is 22.9. The van der Waals surface area contributed by atoms with Crippen molar-refractivity contribution < 1.29 is 0 Å². The summed E-state index contributed by atoms with van der Waals surface area (Å²) < 4.78 is 0. The third kappa shape index (κ3) is 1.78. The summed E-state index contributed by atoms with van der Waals surface area (Å²) in [5.74, 6) is 0.803. The standard InChI is InChI=1S/C10H18N2/c1-10(8-11,12(2)3)7-9-5-4-6-9/h9H,4-7H2,1-3H3. The van der Waals surface area contributed by atoms with Crippen LogP contribution in [0.2, 0.25) is 0 Å². The number of nitriles is 1. The number of hydrogen-bond acceptors (Lipinski definition) is 2. The van der Waals surface area contributed by atoms with Gasteiger partial charge in [-0.05, 0) is 33.4 Å². The molecule has 0 saturated heterocycles. The minimum Gasteiger partial charge on any atom is -0.292 e. The van der Waals surface area contributed by atoms with E-state index in [1.807, 2.05) is 25.9 Å². The molecule has 68 valence electrons. The van der Waals surface area contributed by atoms with Crippen LogP contribution in [-0.2, 0) is 0 Å². The molecule has 0 aliphatic heterocycles. The number of rotatable bonds is 3. The van der Waals surface area contributed by atoms with Crippen molar-refractivity contribution in [1.82, 2.24) is 4.90 Å². The molecule has 2 heteroatoms. The summed E-state index contributed by atoms with van der Waals surface area (Å²) in [6.45, 7) is 2.03. The molecule has 0 aromatic carbocycles. The second-order valence-electron chi connectivity index (χ2n) is 4.28. The van der Waals surface area contributed by atoms with Gasteiger partial charge in [-0.15, -0.1) is 0 Å². The van der Waals surface area contributed by atoms with E-state index in [1.54, 1.807) is 0 Å². The van der Waals surface area contributed by atoms with Gasteiger partial charge in [-0.1, -0.05) is 19.3 Å². The summed E-state index contributed by atoms with van der Waals surface area (Å²) in [6.07, 6.45) is 5.05. The second-order valence-corrected chi connectivity index (χ2v) is 4.28. The van der Waals surface area contributed by atoms with Crippen LogP contribution in [0.15, 0.2) is 0 Å². The Hall–Kier alpha value is -0.550. The van der Waals surface area contributed by atoms with Crippen molar-refractivity contribution in [3.63, 3.8) is 0 Å². The molecular formula is C10H18N2. The van der Waals surface area contributed by atoms with Gasteiger partial charge >= 0.3 is 0 Å². The molecule has 0 spiro atoms. The molecule has 1 atom stereocenters. The van der Waals surface area contributed by atoms with E-state index in [-0.39, 0.29) is 5.54 Å². The first-order chi connectivity index (χ1) is 5.58. The van der Waals surface area contributed by atoms with Crippen LogP contribution < -0.4 is 0 Å². The molecule has 0 aromatic rings. The summed E-state index contributed by atoms with van der Waals surface area (Å²) >= 11 is 0. The SMILES string of the molecule is CN(C)C(C)(C#N)CC1CCC1. The molecular weight excluding hydrogens is 148 g/mol. The summed E-state index contributed by atoms with van der Waals surface area (Å²) in [5, 5.41) is 9.03. The van der Waals surface area contributed by atoms with Crippen molar-refractivity contribution in [3.05, 3.63) is 0 Å². The van der Waals surface area contributed by atoms with E-state index >= 15 is 0 Å². The lowest BCUT2D eigenvalue weighted by molar-refractivity contribution is 0.155. The Morgan fingerprint density at radius 3 is 2.33 bits per heavy atom. The van der Waals surface area contributed by atoms with Gasteiger partial charge in [-0.3, -0.25) is 4.90 Å². The predicted octanol–water partition coefficient (Wildman–Crippen LogP) is 2.02. The van der Waals surface area contributed by atoms with Crippen LogP contribution >= 0.6 is 0 Å². The van der Waals surface area contributed by atoms with Crippen LogP contribution in [0.4, 0.5) is 0 Å². The Kier molecular flexibility index (Phi) is 2.74. The molecule has 1 unspecified atom stereocenters. The fraction of sp³-hybridized carbons (Fsp3) is 0.900. The van der Waals surface area contributed by atoms with Crippen molar-refractivity contribution >= 4 is 0 Å². The zero-order valence-corrected chi connectivity index (χ0v) is 8.30. The average Bonchev–Trinajstić information content (AvgIpc) is 1.96. The lowest BCUT2D eigenvalue weighted by atomic mass is 9.76. The van der Waals surface area contributed by atoms with Gasteiger partial charge in [0.05, 0.1) is 6.07 Å². The highest BCUT2D eigenvalue weighted by atomic mass is 15.1. The van der Waals surface area contributed by atoms with Crippen molar-refractivity contribution in [2.75, 3.05) is 14.1 Å². The number of nitrogens with zero attached hydrogens (tertiary/aromatic N) is 2. The van der Waals surface area contributed by atoms with Gasteiger partial charge in [0, 0.05) is 0 Å². The van der Waals surface area contributed by atoms with E-state index in [0.29, 0.717) is 0 Å². The van der Waals surface area contributed by atoms with Crippen LogP contribution in [-0.4, -0.2) is 24.5 Å². The van der Waals surface area contributed by atoms with Gasteiger partial charge < -0.3 is 0 Å². The second kappa shape index (κ2) is 3.45. The van der Waals surface area contributed by atoms with Gasteiger partial charge in [-0.2, -0.15) is 5.26 Å². The monoisotopic (exact) mass is 166 g/mol. The van der Waals surface area contributed by atoms with Gasteiger partial charge in [-0.25, -0.2) is 0 Å². The van der Waals surface area contributed by atoms with E-state index in [0.717, 1.165) is 12.3 Å². The van der Waals surface area contributed by atoms with E-state index in [1.165, 1.54) is 19.3 Å². The molecule has 2 nitrogen and oxygen atoms in total. The Labute approximate surface area is 75.2 Å². The molecule has 0 aromatic heterocycles. The van der Waals surface area contributed by atoms with Crippen LogP contribution in [0.1, 0.15) is 32.6 Å². The van der Waals surface area contributed by atoms with Crippen LogP contribution in [0, 0.1) is 17.2 Å². The van der Waals surface area contributed by atoms with Crippen molar-refractivity contribution in [2.24, 2.45) is 5.92 Å². The average molecular weight is 166 g/mol. The lowest BCUT2D eigenvalue weighted by Gasteiger charge is -2.36. The summed E-state index contributed by atoms with van der Waals surface area (Å²) in [4.78, 5) is 2.03. The molecule has 12 heavy (non-hydrogen) atoms. The Morgan fingerprint density at radius 1 is 1.50 bits per heavy atom. The van der Waals surface area contributed by atoms with E-state index in [4.69, 9.17) is 5.26 Å². The van der Waals surface area contributed by atoms with E-state index in [2.05, 4.69) is 6.07 Å². The first-order valence-corrected chi connectivity index (χ1v) is 4.67. The maximum atomic E-state index is 9.03. The molecule has 0 bridgehead atoms. The fourth-order valence-corrected chi connectivity index (χ4v) is 1.59. The van der Waals surface area contributed by atoms with Gasteiger partial charge in [0.15, 0.2) is 0 Å². The summed E-state index contributed by atoms with van der Waals surface area (Å²) in [5.41, 5.74) is -0.245. The lowest BCUT2D eigenvalue weighted by Crippen LogP contribution is -2.42. The maximum Gasteiger partial charge on any atom is 0.106 e. The van der Waals surface area contributed by atoms with Gasteiger partial charge in [0.2, 0.25) is 0 Å². The fourth-order valence-electron chi connectivity index (χ4n) is 1.59. The third-order valence-electron chi connectivity index (χ3n) is 3.14. The molecule has 1 rings (SSSR count). The largest absolute Gasteiger partial charge is 0.292 e. The molecule has 0 N–H and O–H groups in total. The third-order valence-corrected chi connectivity index (χ3v) is 3.14. The Bertz CT molecular complexity index is 189. The van der Waals surface area contributed by atoms with Crippen LogP contribution in [0.25, 0.3) is 0 Å². The molecule has 1 aliphatic rings. The van der Waals surface area contributed by atoms with E-state index < -0.39 is 0 Å². The Balaban J connectivity index is 2.49. The zero-order valence-electron chi connectivity index (χ0n) is 8.30. The molecule has 0 amide bonds.